The van der Waals surface area contributed by atoms with Crippen molar-refractivity contribution in [3.05, 3.63) is 59.7 Å². The van der Waals surface area contributed by atoms with Crippen LogP contribution in [0.4, 0.5) is 5.69 Å². The number of carbonyl (C=O) groups is 2. The third-order valence-electron chi connectivity index (χ3n) is 3.83. The van der Waals surface area contributed by atoms with Crippen LogP contribution in [0.25, 0.3) is 0 Å². The Bertz CT molecular complexity index is 759. The van der Waals surface area contributed by atoms with Gasteiger partial charge in [-0.15, -0.1) is 0 Å². The summed E-state index contributed by atoms with van der Waals surface area (Å²) in [4.78, 5) is 22.9. The second-order valence-electron chi connectivity index (χ2n) is 5.89. The molecular weight excluding hydrogens is 334 g/mol. The average molecular weight is 357 g/mol. The van der Waals surface area contributed by atoms with E-state index >= 15 is 0 Å². The number of hydrogen-bond acceptors (Lipinski definition) is 4. The number of ether oxygens (including phenoxy) is 2. The van der Waals surface area contributed by atoms with Crippen molar-refractivity contribution in [3.8, 4) is 5.75 Å². The predicted octanol–water partition coefficient (Wildman–Crippen LogP) is 3.26. The second kappa shape index (κ2) is 9.58. The molecule has 138 valence electrons. The fourth-order valence-corrected chi connectivity index (χ4v) is 2.36. The molecule has 0 aliphatic rings. The first-order valence-corrected chi connectivity index (χ1v) is 8.34. The number of carboxylic acid groups (broad SMARTS) is 1. The molecule has 0 spiro atoms. The molecule has 0 aromatic heterocycles. The second-order valence-corrected chi connectivity index (χ2v) is 5.89. The number of methoxy groups -OCH3 is 1. The average Bonchev–Trinajstić information content (AvgIpc) is 2.64. The smallest absolute Gasteiger partial charge is 0.303 e. The van der Waals surface area contributed by atoms with Gasteiger partial charge >= 0.3 is 5.97 Å². The maximum atomic E-state index is 12.3. The number of aliphatic carboxylic acids is 1. The molecule has 1 atom stereocenters. The maximum absolute atomic E-state index is 12.3. The Balaban J connectivity index is 1.88. The van der Waals surface area contributed by atoms with E-state index in [4.69, 9.17) is 14.6 Å². The van der Waals surface area contributed by atoms with Crippen LogP contribution in [0.15, 0.2) is 48.5 Å². The minimum absolute atomic E-state index is 0.0530. The minimum atomic E-state index is -0.848. The molecule has 0 aliphatic carbocycles. The standard InChI is InChI=1S/C20H23NO5/c1-14(26-13-16-6-4-8-18(12-16)25-2)20(24)21-17-7-3-5-15(11-17)9-10-19(22)23/h3-8,11-12,14H,9-10,13H2,1-2H3,(H,21,24)(H,22,23). The number of aryl methyl sites for hydroxylation is 1. The van der Waals surface area contributed by atoms with Crippen molar-refractivity contribution < 1.29 is 24.2 Å². The SMILES string of the molecule is COc1cccc(COC(C)C(=O)Nc2cccc(CCC(=O)O)c2)c1. The Labute approximate surface area is 152 Å². The Morgan fingerprint density at radius 3 is 2.58 bits per heavy atom. The number of carbonyl (C=O) groups excluding carboxylic acids is 1. The lowest BCUT2D eigenvalue weighted by Crippen LogP contribution is -2.27. The molecule has 26 heavy (non-hydrogen) atoms. The molecule has 0 saturated carbocycles. The number of rotatable bonds is 9. The molecule has 6 heteroatoms. The van der Waals surface area contributed by atoms with Gasteiger partial charge in [-0.2, -0.15) is 0 Å². The summed E-state index contributed by atoms with van der Waals surface area (Å²) in [6.45, 7) is 1.98. The van der Waals surface area contributed by atoms with E-state index in [0.717, 1.165) is 16.9 Å². The molecule has 2 aromatic rings. The molecular formula is C20H23NO5. The van der Waals surface area contributed by atoms with Crippen LogP contribution >= 0.6 is 0 Å². The van der Waals surface area contributed by atoms with Crippen molar-refractivity contribution >= 4 is 17.6 Å². The van der Waals surface area contributed by atoms with Gasteiger partial charge in [-0.25, -0.2) is 0 Å². The van der Waals surface area contributed by atoms with Gasteiger partial charge in [0.1, 0.15) is 11.9 Å². The van der Waals surface area contributed by atoms with Crippen LogP contribution in [0.1, 0.15) is 24.5 Å². The molecule has 1 amide bonds. The molecule has 6 nitrogen and oxygen atoms in total. The van der Waals surface area contributed by atoms with Crippen LogP contribution < -0.4 is 10.1 Å². The van der Waals surface area contributed by atoms with Gasteiger partial charge in [-0.1, -0.05) is 24.3 Å². The summed E-state index contributed by atoms with van der Waals surface area (Å²) in [7, 11) is 1.60. The lowest BCUT2D eigenvalue weighted by atomic mass is 10.1. The zero-order chi connectivity index (χ0) is 18.9. The summed E-state index contributed by atoms with van der Waals surface area (Å²) in [5.41, 5.74) is 2.39. The lowest BCUT2D eigenvalue weighted by Gasteiger charge is -2.14. The Kier molecular flexibility index (Phi) is 7.17. The monoisotopic (exact) mass is 357 g/mol. The normalized spacial score (nSPS) is 11.6. The zero-order valence-electron chi connectivity index (χ0n) is 14.9. The van der Waals surface area contributed by atoms with Crippen molar-refractivity contribution in [1.29, 1.82) is 0 Å². The highest BCUT2D eigenvalue weighted by Gasteiger charge is 2.14. The van der Waals surface area contributed by atoms with Crippen LogP contribution in [0.2, 0.25) is 0 Å². The van der Waals surface area contributed by atoms with Crippen LogP contribution in [-0.4, -0.2) is 30.2 Å². The summed E-state index contributed by atoms with van der Waals surface area (Å²) < 4.78 is 10.8. The molecule has 2 aromatic carbocycles. The Morgan fingerprint density at radius 1 is 1.12 bits per heavy atom. The third-order valence-corrected chi connectivity index (χ3v) is 3.83. The fourth-order valence-electron chi connectivity index (χ4n) is 2.36. The first-order chi connectivity index (χ1) is 12.5. The Morgan fingerprint density at radius 2 is 1.85 bits per heavy atom. The van der Waals surface area contributed by atoms with Gasteiger partial charge < -0.3 is 19.9 Å². The van der Waals surface area contributed by atoms with Gasteiger partial charge in [0.15, 0.2) is 0 Å². The van der Waals surface area contributed by atoms with Gasteiger partial charge in [-0.3, -0.25) is 9.59 Å². The van der Waals surface area contributed by atoms with Crippen molar-refractivity contribution in [1.82, 2.24) is 0 Å². The molecule has 0 radical (unpaired) electrons. The predicted molar refractivity (Wildman–Crippen MR) is 98.3 cm³/mol. The summed E-state index contributed by atoms with van der Waals surface area (Å²) in [5, 5.41) is 11.5. The quantitative estimate of drug-likeness (QED) is 0.719. The third kappa shape index (κ3) is 6.22. The van der Waals surface area contributed by atoms with E-state index in [2.05, 4.69) is 5.32 Å². The first-order valence-electron chi connectivity index (χ1n) is 8.34. The molecule has 2 N–H and O–H groups in total. The zero-order valence-corrected chi connectivity index (χ0v) is 14.9. The van der Waals surface area contributed by atoms with Crippen molar-refractivity contribution in [2.75, 3.05) is 12.4 Å². The van der Waals surface area contributed by atoms with E-state index in [1.54, 1.807) is 32.2 Å². The highest BCUT2D eigenvalue weighted by atomic mass is 16.5. The van der Waals surface area contributed by atoms with Gasteiger partial charge in [-0.05, 0) is 48.7 Å². The molecule has 0 aliphatic heterocycles. The van der Waals surface area contributed by atoms with E-state index in [9.17, 15) is 9.59 Å². The van der Waals surface area contributed by atoms with Gasteiger partial charge in [0, 0.05) is 12.1 Å². The summed E-state index contributed by atoms with van der Waals surface area (Å²) >= 11 is 0. The summed E-state index contributed by atoms with van der Waals surface area (Å²) in [5.74, 6) is -0.372. The highest BCUT2D eigenvalue weighted by Crippen LogP contribution is 2.15. The molecule has 1 unspecified atom stereocenters. The van der Waals surface area contributed by atoms with Crippen LogP contribution in [0.3, 0.4) is 0 Å². The number of hydrogen-bond donors (Lipinski definition) is 2. The highest BCUT2D eigenvalue weighted by molar-refractivity contribution is 5.93. The minimum Gasteiger partial charge on any atom is -0.497 e. The number of carboxylic acids is 1. The largest absolute Gasteiger partial charge is 0.497 e. The number of amides is 1. The van der Waals surface area contributed by atoms with Crippen molar-refractivity contribution in [2.45, 2.75) is 32.5 Å². The van der Waals surface area contributed by atoms with Crippen molar-refractivity contribution in [3.63, 3.8) is 0 Å². The van der Waals surface area contributed by atoms with Gasteiger partial charge in [0.25, 0.3) is 5.91 Å². The van der Waals surface area contributed by atoms with E-state index in [1.165, 1.54) is 0 Å². The summed E-state index contributed by atoms with van der Waals surface area (Å²) in [6, 6.07) is 14.6. The van der Waals surface area contributed by atoms with E-state index in [0.29, 0.717) is 18.7 Å². The molecule has 0 fully saturated rings. The molecule has 0 bridgehead atoms. The number of anilines is 1. The first kappa shape index (κ1) is 19.5. The van der Waals surface area contributed by atoms with Gasteiger partial charge in [0.05, 0.1) is 13.7 Å². The van der Waals surface area contributed by atoms with Gasteiger partial charge in [0.2, 0.25) is 0 Å². The molecule has 0 heterocycles. The number of benzene rings is 2. The van der Waals surface area contributed by atoms with E-state index < -0.39 is 12.1 Å². The fraction of sp³-hybridized carbons (Fsp3) is 0.300. The molecule has 0 saturated heterocycles. The summed E-state index contributed by atoms with van der Waals surface area (Å²) in [6.07, 6.45) is -0.165. The maximum Gasteiger partial charge on any atom is 0.303 e. The van der Waals surface area contributed by atoms with Crippen LogP contribution in [-0.2, 0) is 27.4 Å². The van der Waals surface area contributed by atoms with E-state index in [1.807, 2.05) is 30.3 Å². The van der Waals surface area contributed by atoms with Crippen LogP contribution in [0, 0.1) is 0 Å². The van der Waals surface area contributed by atoms with Crippen LogP contribution in [0.5, 0.6) is 5.75 Å². The lowest BCUT2D eigenvalue weighted by molar-refractivity contribution is -0.137. The van der Waals surface area contributed by atoms with E-state index in [-0.39, 0.29) is 12.3 Å². The Hall–Kier alpha value is -2.86. The van der Waals surface area contributed by atoms with Crippen molar-refractivity contribution in [2.24, 2.45) is 0 Å². The number of nitrogens with one attached hydrogen (secondary N) is 1. The molecule has 2 rings (SSSR count). The topological polar surface area (TPSA) is 84.9 Å².